The van der Waals surface area contributed by atoms with Crippen LogP contribution < -0.4 is 0 Å². The fourth-order valence-corrected chi connectivity index (χ4v) is 15.4. The van der Waals surface area contributed by atoms with Gasteiger partial charge < -0.3 is 9.30 Å². The summed E-state index contributed by atoms with van der Waals surface area (Å²) in [7, 11) is -1.07. The van der Waals surface area contributed by atoms with Crippen LogP contribution in [0.15, 0.2) is 72.8 Å². The summed E-state index contributed by atoms with van der Waals surface area (Å²) in [6.07, 6.45) is 7.78. The van der Waals surface area contributed by atoms with Gasteiger partial charge in [0.15, 0.2) is 0 Å². The Bertz CT molecular complexity index is 1730. The van der Waals surface area contributed by atoms with Crippen LogP contribution in [0.5, 0.6) is 0 Å². The SMILES string of the molecule is Cc1ccc2c(c1)c1c(n2C)-c2ccccc2C1[Si](C)(CCCCCCOC(C)(C)C)C1C=C(C[Si](C)(C)C)c2ccccc21. The van der Waals surface area contributed by atoms with Crippen molar-refractivity contribution in [1.82, 2.24) is 4.57 Å². The lowest BCUT2D eigenvalue weighted by atomic mass is 10.1. The number of hydrogen-bond acceptors (Lipinski definition) is 1. The second kappa shape index (κ2) is 12.2. The van der Waals surface area contributed by atoms with Crippen molar-refractivity contribution in [2.75, 3.05) is 6.61 Å². The minimum atomic E-state index is -2.08. The summed E-state index contributed by atoms with van der Waals surface area (Å²) in [6, 6.07) is 28.6. The topological polar surface area (TPSA) is 14.2 Å². The summed E-state index contributed by atoms with van der Waals surface area (Å²) in [5.74, 6) is 0. The van der Waals surface area contributed by atoms with Gasteiger partial charge in [-0.25, -0.2) is 0 Å². The third-order valence-electron chi connectivity index (χ3n) is 10.5. The molecule has 45 heavy (non-hydrogen) atoms. The minimum Gasteiger partial charge on any atom is -0.376 e. The number of aromatic nitrogens is 1. The van der Waals surface area contributed by atoms with Gasteiger partial charge in [-0.3, -0.25) is 0 Å². The molecule has 6 rings (SSSR count). The van der Waals surface area contributed by atoms with E-state index in [1.54, 1.807) is 27.8 Å². The molecule has 0 fully saturated rings. The Morgan fingerprint density at radius 1 is 0.800 bits per heavy atom. The zero-order chi connectivity index (χ0) is 32.1. The van der Waals surface area contributed by atoms with E-state index in [1.807, 2.05) is 0 Å². The highest BCUT2D eigenvalue weighted by molar-refractivity contribution is 6.83. The Balaban J connectivity index is 1.46. The van der Waals surface area contributed by atoms with Gasteiger partial charge in [0.2, 0.25) is 0 Å². The van der Waals surface area contributed by atoms with Crippen LogP contribution in [0.4, 0.5) is 0 Å². The molecule has 0 saturated carbocycles. The molecule has 0 radical (unpaired) electrons. The largest absolute Gasteiger partial charge is 0.376 e. The van der Waals surface area contributed by atoms with E-state index in [9.17, 15) is 0 Å². The molecule has 3 atom stereocenters. The molecule has 0 spiro atoms. The molecule has 0 saturated heterocycles. The van der Waals surface area contributed by atoms with E-state index in [4.69, 9.17) is 4.74 Å². The molecule has 3 unspecified atom stereocenters. The Labute approximate surface area is 274 Å². The smallest absolute Gasteiger partial charge is 0.0754 e. The maximum absolute atomic E-state index is 6.06. The van der Waals surface area contributed by atoms with Crippen LogP contribution in [0.3, 0.4) is 0 Å². The molecule has 1 heterocycles. The summed E-state index contributed by atoms with van der Waals surface area (Å²) in [6.45, 7) is 20.0. The first kappa shape index (κ1) is 32.3. The molecule has 0 amide bonds. The molecule has 2 nitrogen and oxygen atoms in total. The van der Waals surface area contributed by atoms with Crippen LogP contribution in [0.25, 0.3) is 27.7 Å². The fraction of sp³-hybridized carbons (Fsp3) is 0.463. The van der Waals surface area contributed by atoms with E-state index in [1.165, 1.54) is 59.1 Å². The molecule has 4 heteroatoms. The van der Waals surface area contributed by atoms with Crippen LogP contribution in [0.2, 0.25) is 38.3 Å². The molecular formula is C41H55NOSi2. The van der Waals surface area contributed by atoms with Gasteiger partial charge in [0.1, 0.15) is 0 Å². The van der Waals surface area contributed by atoms with Gasteiger partial charge in [0.05, 0.1) is 19.4 Å². The van der Waals surface area contributed by atoms with Crippen molar-refractivity contribution in [3.8, 4) is 11.3 Å². The Kier molecular flexibility index (Phi) is 8.73. The number of hydrogen-bond donors (Lipinski definition) is 0. The zero-order valence-corrected chi connectivity index (χ0v) is 31.4. The standard InChI is InChI=1S/C41H55NOSi2/c1-29-22-23-36-35(26-29)38-39(42(36)5)33-20-14-15-21-34(33)40(38)45(9,25-17-11-10-16-24-43-41(2,3)4)37-27-30(28-44(6,7)8)31-18-12-13-19-32(31)37/h12-15,18-23,26-27,37,40H,10-11,16-17,24-25,28H2,1-9H3. The molecule has 0 bridgehead atoms. The van der Waals surface area contributed by atoms with Crippen molar-refractivity contribution < 1.29 is 4.74 Å². The van der Waals surface area contributed by atoms with Crippen molar-refractivity contribution >= 4 is 32.6 Å². The van der Waals surface area contributed by atoms with Gasteiger partial charge >= 0.3 is 0 Å². The van der Waals surface area contributed by atoms with Crippen molar-refractivity contribution in [3.05, 3.63) is 101 Å². The normalized spacial score (nSPS) is 18.9. The summed E-state index contributed by atoms with van der Waals surface area (Å²) in [5, 5.41) is 1.48. The van der Waals surface area contributed by atoms with Gasteiger partial charge in [-0.1, -0.05) is 118 Å². The maximum Gasteiger partial charge on any atom is 0.0754 e. The average molecular weight is 634 g/mol. The predicted octanol–water partition coefficient (Wildman–Crippen LogP) is 11.7. The highest BCUT2D eigenvalue weighted by atomic mass is 28.3. The molecule has 2 aliphatic carbocycles. The van der Waals surface area contributed by atoms with Crippen LogP contribution in [0, 0.1) is 6.92 Å². The van der Waals surface area contributed by atoms with Crippen molar-refractivity contribution in [3.63, 3.8) is 0 Å². The number of unbranched alkanes of at least 4 members (excludes halogenated alkanes) is 3. The lowest BCUT2D eigenvalue weighted by Gasteiger charge is -2.40. The zero-order valence-electron chi connectivity index (χ0n) is 29.4. The lowest BCUT2D eigenvalue weighted by Crippen LogP contribution is -2.44. The van der Waals surface area contributed by atoms with Crippen molar-refractivity contribution in [1.29, 1.82) is 0 Å². The summed E-state index contributed by atoms with van der Waals surface area (Å²) >= 11 is 0. The number of allylic oxidation sites excluding steroid dienone is 2. The molecule has 1 aromatic heterocycles. The third kappa shape index (κ3) is 6.23. The first-order chi connectivity index (χ1) is 21.3. The summed E-state index contributed by atoms with van der Waals surface area (Å²) in [4.78, 5) is 0. The molecule has 2 aliphatic rings. The second-order valence-electron chi connectivity index (χ2n) is 16.5. The fourth-order valence-electron chi connectivity index (χ4n) is 8.54. The molecule has 4 aromatic rings. The van der Waals surface area contributed by atoms with Crippen LogP contribution in [-0.4, -0.2) is 32.9 Å². The van der Waals surface area contributed by atoms with Crippen LogP contribution in [0.1, 0.15) is 85.4 Å². The van der Waals surface area contributed by atoms with Gasteiger partial charge in [-0.15, -0.1) is 0 Å². The Morgan fingerprint density at radius 2 is 1.47 bits per heavy atom. The van der Waals surface area contributed by atoms with Crippen LogP contribution in [-0.2, 0) is 11.8 Å². The molecule has 0 N–H and O–H groups in total. The van der Waals surface area contributed by atoms with E-state index < -0.39 is 16.1 Å². The Morgan fingerprint density at radius 3 is 2.18 bits per heavy atom. The van der Waals surface area contributed by atoms with Crippen molar-refractivity contribution in [2.45, 2.75) is 108 Å². The van der Waals surface area contributed by atoms with Crippen molar-refractivity contribution in [2.24, 2.45) is 7.05 Å². The molecule has 3 aromatic carbocycles. The monoisotopic (exact) mass is 633 g/mol. The average Bonchev–Trinajstić information content (AvgIpc) is 3.60. The summed E-state index contributed by atoms with van der Waals surface area (Å²) in [5.41, 5.74) is 14.6. The number of aryl methyl sites for hydroxylation is 2. The number of ether oxygens (including phenoxy) is 1. The molecular weight excluding hydrogens is 579 g/mol. The highest BCUT2D eigenvalue weighted by Crippen LogP contribution is 2.58. The van der Waals surface area contributed by atoms with Gasteiger partial charge in [-0.2, -0.15) is 0 Å². The molecule has 238 valence electrons. The van der Waals surface area contributed by atoms with E-state index in [2.05, 4.69) is 138 Å². The number of benzene rings is 3. The third-order valence-corrected chi connectivity index (χ3v) is 17.1. The quantitative estimate of drug-likeness (QED) is 0.118. The number of nitrogens with zero attached hydrogens (tertiary/aromatic N) is 1. The van der Waals surface area contributed by atoms with E-state index >= 15 is 0 Å². The van der Waals surface area contributed by atoms with Gasteiger partial charge in [0.25, 0.3) is 0 Å². The first-order valence-corrected chi connectivity index (χ1v) is 24.0. The second-order valence-corrected chi connectivity index (χ2v) is 26.7. The minimum absolute atomic E-state index is 0.0499. The van der Waals surface area contributed by atoms with E-state index in [-0.39, 0.29) is 5.60 Å². The van der Waals surface area contributed by atoms with Crippen LogP contribution >= 0.6 is 0 Å². The summed E-state index contributed by atoms with van der Waals surface area (Å²) < 4.78 is 8.56. The van der Waals surface area contributed by atoms with Gasteiger partial charge in [-0.05, 0) is 85.7 Å². The predicted molar refractivity (Wildman–Crippen MR) is 201 cm³/mol. The van der Waals surface area contributed by atoms with Gasteiger partial charge in [0, 0.05) is 43.7 Å². The Hall–Kier alpha value is -2.67. The number of rotatable bonds is 11. The highest BCUT2D eigenvalue weighted by Gasteiger charge is 2.51. The molecule has 0 aliphatic heterocycles. The number of fused-ring (bicyclic) bond motifs is 6. The first-order valence-electron chi connectivity index (χ1n) is 17.4. The van der Waals surface area contributed by atoms with E-state index in [0.29, 0.717) is 11.1 Å². The lowest BCUT2D eigenvalue weighted by molar-refractivity contribution is -0.00471. The maximum atomic E-state index is 6.06. The van der Waals surface area contributed by atoms with E-state index in [0.717, 1.165) is 13.0 Å².